The summed E-state index contributed by atoms with van der Waals surface area (Å²) >= 11 is 0. The van der Waals surface area contributed by atoms with E-state index in [-0.39, 0.29) is 65.8 Å². The summed E-state index contributed by atoms with van der Waals surface area (Å²) in [5.41, 5.74) is 3.72. The molecule has 12 nitrogen and oxygen atoms in total. The van der Waals surface area contributed by atoms with Crippen molar-refractivity contribution < 1.29 is 28.8 Å². The molecule has 1 aromatic rings. The van der Waals surface area contributed by atoms with Gasteiger partial charge in [-0.2, -0.15) is 0 Å². The number of amides is 6. The normalized spacial score (nSPS) is 31.2. The molecule has 10 aliphatic carbocycles. The van der Waals surface area contributed by atoms with E-state index in [0.717, 1.165) is 157 Å². The molecule has 6 amide bonds. The summed E-state index contributed by atoms with van der Waals surface area (Å²) in [6, 6.07) is 6.89. The molecule has 404 valence electrons. The van der Waals surface area contributed by atoms with Crippen molar-refractivity contribution in [2.45, 2.75) is 210 Å². The number of carbonyl (C=O) groups excluding carboxylic acids is 6. The predicted molar refractivity (Wildman–Crippen MR) is 286 cm³/mol. The van der Waals surface area contributed by atoms with Crippen LogP contribution in [0.1, 0.15) is 196 Å². The number of hydrogen-bond donors (Lipinski definition) is 3. The molecule has 0 radical (unpaired) electrons. The van der Waals surface area contributed by atoms with E-state index in [1.807, 2.05) is 30.9 Å². The maximum absolute atomic E-state index is 13.4. The average Bonchev–Trinajstić information content (AvgIpc) is 3.33. The van der Waals surface area contributed by atoms with Crippen LogP contribution in [0.2, 0.25) is 0 Å². The summed E-state index contributed by atoms with van der Waals surface area (Å²) in [6.45, 7) is 2.36. The number of benzene rings is 1. The molecule has 12 heteroatoms. The van der Waals surface area contributed by atoms with E-state index in [0.29, 0.717) is 25.6 Å². The Morgan fingerprint density at radius 1 is 0.452 bits per heavy atom. The first-order chi connectivity index (χ1) is 35.2. The van der Waals surface area contributed by atoms with Crippen LogP contribution in [0.25, 0.3) is 0 Å². The highest BCUT2D eigenvalue weighted by molar-refractivity contribution is 5.98. The third kappa shape index (κ3) is 14.1. The lowest BCUT2D eigenvalue weighted by molar-refractivity contribution is -0.150. The van der Waals surface area contributed by atoms with E-state index in [4.69, 9.17) is 0 Å². The SMILES string of the molecule is CN(CCC1CC2CCC[C@@H](C2)C1)C(=O)CC(=O)NCCCCc1cc(CCCCNC(=O)CC(=O)N(C)C23CC4CC(CC(C4)C2)C3)cc(CCCCNC(=O)CC(=O)N(C)C23CC4CC(CC(C4)C2)C3)c1. The molecule has 10 aliphatic rings. The largest absolute Gasteiger partial charge is 0.356 e. The van der Waals surface area contributed by atoms with E-state index in [1.165, 1.54) is 93.7 Å². The second-order valence-electron chi connectivity index (χ2n) is 26.1. The number of fused-ring (bicyclic) bond motifs is 2. The van der Waals surface area contributed by atoms with Gasteiger partial charge in [0.25, 0.3) is 0 Å². The predicted octanol–water partition coefficient (Wildman–Crippen LogP) is 9.09. The zero-order valence-corrected chi connectivity index (χ0v) is 45.5. The van der Waals surface area contributed by atoms with Gasteiger partial charge in [0.15, 0.2) is 0 Å². The topological polar surface area (TPSA) is 148 Å². The lowest BCUT2D eigenvalue weighted by Crippen LogP contribution is -2.60. The van der Waals surface area contributed by atoms with Crippen molar-refractivity contribution in [1.29, 1.82) is 0 Å². The molecule has 0 saturated heterocycles. The van der Waals surface area contributed by atoms with Gasteiger partial charge < -0.3 is 30.7 Å². The van der Waals surface area contributed by atoms with E-state index in [9.17, 15) is 28.8 Å². The maximum Gasteiger partial charge on any atom is 0.232 e. The number of carbonyl (C=O) groups is 6. The van der Waals surface area contributed by atoms with Gasteiger partial charge in [0.05, 0.1) is 0 Å². The second-order valence-corrected chi connectivity index (χ2v) is 26.1. The molecule has 2 unspecified atom stereocenters. The van der Waals surface area contributed by atoms with Crippen molar-refractivity contribution in [3.63, 3.8) is 0 Å². The van der Waals surface area contributed by atoms with Crippen molar-refractivity contribution >= 4 is 35.4 Å². The first-order valence-electron chi connectivity index (χ1n) is 29.9. The van der Waals surface area contributed by atoms with Crippen LogP contribution < -0.4 is 16.0 Å². The number of rotatable bonds is 26. The van der Waals surface area contributed by atoms with Crippen LogP contribution in [0.3, 0.4) is 0 Å². The quantitative estimate of drug-likeness (QED) is 0.0624. The van der Waals surface area contributed by atoms with Gasteiger partial charge in [-0.05, 0) is 230 Å². The van der Waals surface area contributed by atoms with Crippen LogP contribution in [0.15, 0.2) is 18.2 Å². The summed E-state index contributed by atoms with van der Waals surface area (Å²) in [6.07, 6.45) is 31.3. The van der Waals surface area contributed by atoms with Crippen molar-refractivity contribution in [3.8, 4) is 0 Å². The van der Waals surface area contributed by atoms with Crippen LogP contribution in [0.4, 0.5) is 0 Å². The summed E-state index contributed by atoms with van der Waals surface area (Å²) in [7, 11) is 5.73. The van der Waals surface area contributed by atoms with Gasteiger partial charge in [0.2, 0.25) is 35.4 Å². The standard InChI is InChI=1S/C61H94N6O6/c1-65(20-16-47-25-45-14-10-15-46(24-45)26-47)57(71)33-54(68)62-17-7-4-11-42-21-43(12-5-8-18-63-55(69)34-58(72)66(2)60-36-48-27-49(37-60)29-50(28-48)38-60)23-44(22-42)13-6-9-19-64-56(70)35-59(73)67(3)61-39-51-30-52(40-61)32-53(31-51)41-61/h21-23,45-53H,4-20,24-41H2,1-3H3,(H,62,68)(H,63,69)(H,64,70)/t45-,46?,47?,48?,49?,50?,51?,52?,53?,60?,61?/m0/s1. The first kappa shape index (κ1) is 53.9. The number of nitrogens with one attached hydrogen (secondary N) is 3. The van der Waals surface area contributed by atoms with Crippen molar-refractivity contribution in [2.24, 2.45) is 53.3 Å². The molecular formula is C61H94N6O6. The number of aryl methyl sites for hydroxylation is 3. The Morgan fingerprint density at radius 3 is 1.14 bits per heavy atom. The summed E-state index contributed by atoms with van der Waals surface area (Å²) < 4.78 is 0. The van der Waals surface area contributed by atoms with E-state index in [1.54, 1.807) is 4.90 Å². The molecule has 10 saturated carbocycles. The molecule has 10 bridgehead atoms. The molecule has 10 fully saturated rings. The molecular weight excluding hydrogens is 913 g/mol. The zero-order chi connectivity index (χ0) is 51.1. The highest BCUT2D eigenvalue weighted by atomic mass is 16.2. The van der Waals surface area contributed by atoms with Gasteiger partial charge in [0.1, 0.15) is 19.3 Å². The highest BCUT2D eigenvalue weighted by Gasteiger charge is 2.55. The van der Waals surface area contributed by atoms with Gasteiger partial charge in [-0.15, -0.1) is 0 Å². The maximum atomic E-state index is 13.4. The van der Waals surface area contributed by atoms with Crippen molar-refractivity contribution in [3.05, 3.63) is 34.9 Å². The molecule has 0 aliphatic heterocycles. The van der Waals surface area contributed by atoms with Crippen LogP contribution in [-0.4, -0.2) is 109 Å². The first-order valence-corrected chi connectivity index (χ1v) is 29.9. The lowest BCUT2D eigenvalue weighted by atomic mass is 9.52. The zero-order valence-electron chi connectivity index (χ0n) is 45.5. The minimum absolute atomic E-state index is 0.0387. The fourth-order valence-corrected chi connectivity index (χ4v) is 17.4. The lowest BCUT2D eigenvalue weighted by Gasteiger charge is -2.59. The Balaban J connectivity index is 0.693. The Morgan fingerprint density at radius 2 is 0.781 bits per heavy atom. The van der Waals surface area contributed by atoms with E-state index < -0.39 is 0 Å². The van der Waals surface area contributed by atoms with Crippen molar-refractivity contribution in [2.75, 3.05) is 47.3 Å². The summed E-state index contributed by atoms with van der Waals surface area (Å²) in [4.78, 5) is 84.2. The van der Waals surface area contributed by atoms with Crippen molar-refractivity contribution in [1.82, 2.24) is 30.7 Å². The molecule has 73 heavy (non-hydrogen) atoms. The minimum Gasteiger partial charge on any atom is -0.356 e. The van der Waals surface area contributed by atoms with Gasteiger partial charge in [-0.25, -0.2) is 0 Å². The van der Waals surface area contributed by atoms with Gasteiger partial charge >= 0.3 is 0 Å². The molecule has 11 rings (SSSR count). The summed E-state index contributed by atoms with van der Waals surface area (Å²) in [5, 5.41) is 9.08. The Hall–Kier alpha value is -3.96. The van der Waals surface area contributed by atoms with Gasteiger partial charge in [-0.1, -0.05) is 37.5 Å². The van der Waals surface area contributed by atoms with Crippen LogP contribution in [0.5, 0.6) is 0 Å². The second kappa shape index (κ2) is 24.4. The Labute approximate surface area is 438 Å². The van der Waals surface area contributed by atoms with Crippen LogP contribution in [-0.2, 0) is 48.0 Å². The number of hydrogen-bond acceptors (Lipinski definition) is 6. The smallest absolute Gasteiger partial charge is 0.232 e. The monoisotopic (exact) mass is 1010 g/mol. The fraction of sp³-hybridized carbons (Fsp3) is 0.803. The third-order valence-corrected chi connectivity index (χ3v) is 20.4. The van der Waals surface area contributed by atoms with Gasteiger partial charge in [0, 0.05) is 58.4 Å². The third-order valence-electron chi connectivity index (χ3n) is 20.4. The van der Waals surface area contributed by atoms with E-state index in [2.05, 4.69) is 34.1 Å². The molecule has 3 atom stereocenters. The highest BCUT2D eigenvalue weighted by Crippen LogP contribution is 2.59. The van der Waals surface area contributed by atoms with E-state index >= 15 is 0 Å². The fourth-order valence-electron chi connectivity index (χ4n) is 17.4. The molecule has 0 spiro atoms. The van der Waals surface area contributed by atoms with Crippen LogP contribution >= 0.6 is 0 Å². The Kier molecular flexibility index (Phi) is 18.0. The van der Waals surface area contributed by atoms with Crippen LogP contribution in [0, 0.1) is 53.3 Å². The minimum atomic E-state index is -0.200. The summed E-state index contributed by atoms with van der Waals surface area (Å²) in [5.74, 6) is 6.19. The molecule has 0 heterocycles. The Bertz CT molecular complexity index is 1930. The molecule has 3 N–H and O–H groups in total. The number of unbranched alkanes of at least 4 members (excludes halogenated alkanes) is 3. The number of nitrogens with zero attached hydrogens (tertiary/aromatic N) is 3. The average molecular weight is 1010 g/mol. The molecule has 1 aromatic carbocycles. The van der Waals surface area contributed by atoms with Gasteiger partial charge in [-0.3, -0.25) is 28.8 Å². The molecule has 0 aromatic heterocycles.